The van der Waals surface area contributed by atoms with Crippen LogP contribution < -0.4 is 5.32 Å². The van der Waals surface area contributed by atoms with E-state index in [-0.39, 0.29) is 24.0 Å². The van der Waals surface area contributed by atoms with E-state index in [0.29, 0.717) is 23.9 Å². The number of oxazole rings is 1. The van der Waals surface area contributed by atoms with E-state index in [2.05, 4.69) is 10.3 Å². The van der Waals surface area contributed by atoms with Crippen LogP contribution in [0, 0.1) is 10.1 Å². The second-order valence-corrected chi connectivity index (χ2v) is 7.34. The summed E-state index contributed by atoms with van der Waals surface area (Å²) in [7, 11) is -3.03. The molecule has 21 heavy (non-hydrogen) atoms. The number of fused-ring (bicyclic) bond motifs is 1. The number of rotatable bonds is 4. The maximum Gasteiger partial charge on any atom is 0.295 e. The van der Waals surface area contributed by atoms with Crippen molar-refractivity contribution in [1.29, 1.82) is 0 Å². The van der Waals surface area contributed by atoms with Gasteiger partial charge in [-0.15, -0.1) is 0 Å². The number of sulfone groups is 1. The summed E-state index contributed by atoms with van der Waals surface area (Å²) in [5.74, 6) is 0.221. The Morgan fingerprint density at radius 1 is 1.48 bits per heavy atom. The number of nitro benzene ring substituents is 1. The first kappa shape index (κ1) is 13.8. The second-order valence-electron chi connectivity index (χ2n) is 4.94. The van der Waals surface area contributed by atoms with Crippen LogP contribution in [0.3, 0.4) is 0 Å². The van der Waals surface area contributed by atoms with E-state index < -0.39 is 20.0 Å². The summed E-state index contributed by atoms with van der Waals surface area (Å²) in [4.78, 5) is 14.3. The monoisotopic (exact) mass is 311 g/mol. The van der Waals surface area contributed by atoms with Crippen LogP contribution in [0.25, 0.3) is 11.1 Å². The Balaban J connectivity index is 1.77. The van der Waals surface area contributed by atoms with Crippen molar-refractivity contribution in [2.24, 2.45) is 0 Å². The van der Waals surface area contributed by atoms with Crippen molar-refractivity contribution >= 4 is 32.6 Å². The number of anilines is 1. The van der Waals surface area contributed by atoms with Crippen LogP contribution in [-0.4, -0.2) is 35.9 Å². The molecule has 2 aromatic rings. The van der Waals surface area contributed by atoms with Crippen LogP contribution in [-0.2, 0) is 9.84 Å². The van der Waals surface area contributed by atoms with Crippen LogP contribution in [0.5, 0.6) is 0 Å². The highest BCUT2D eigenvalue weighted by Gasteiger charge is 2.31. The van der Waals surface area contributed by atoms with Gasteiger partial charge in [-0.2, -0.15) is 4.98 Å². The summed E-state index contributed by atoms with van der Waals surface area (Å²) >= 11 is 0. The van der Waals surface area contributed by atoms with Crippen molar-refractivity contribution in [3.63, 3.8) is 0 Å². The Bertz CT molecular complexity index is 798. The Morgan fingerprint density at radius 2 is 2.29 bits per heavy atom. The highest BCUT2D eigenvalue weighted by Crippen LogP contribution is 2.25. The molecule has 1 saturated heterocycles. The molecule has 0 bridgehead atoms. The first-order valence-corrected chi connectivity index (χ1v) is 8.18. The Kier molecular flexibility index (Phi) is 3.28. The van der Waals surface area contributed by atoms with Crippen LogP contribution in [0.4, 0.5) is 11.7 Å². The van der Waals surface area contributed by atoms with E-state index in [9.17, 15) is 18.5 Å². The number of benzene rings is 1. The van der Waals surface area contributed by atoms with Gasteiger partial charge in [0, 0.05) is 18.7 Å². The molecule has 1 fully saturated rings. The van der Waals surface area contributed by atoms with Gasteiger partial charge in [0.2, 0.25) is 0 Å². The number of nitrogens with one attached hydrogen (secondary N) is 1. The highest BCUT2D eigenvalue weighted by atomic mass is 32.2. The smallest absolute Gasteiger partial charge is 0.295 e. The molecule has 112 valence electrons. The minimum Gasteiger partial charge on any atom is -0.424 e. The summed E-state index contributed by atoms with van der Waals surface area (Å²) in [5.41, 5.74) is 0.707. The van der Waals surface area contributed by atoms with Gasteiger partial charge in [-0.3, -0.25) is 10.1 Å². The van der Waals surface area contributed by atoms with Crippen molar-refractivity contribution in [2.75, 3.05) is 17.6 Å². The first-order valence-electron chi connectivity index (χ1n) is 6.46. The summed E-state index contributed by atoms with van der Waals surface area (Å²) < 4.78 is 28.8. The van der Waals surface area contributed by atoms with Gasteiger partial charge in [0.25, 0.3) is 11.7 Å². The molecule has 1 unspecified atom stereocenters. The predicted octanol–water partition coefficient (Wildman–Crippen LogP) is 1.73. The molecule has 3 rings (SSSR count). The molecule has 0 saturated carbocycles. The standard InChI is InChI=1S/C12H13N3O5S/c16-15(17)8-3-4-11-10(6-8)14-12(20-11)13-7-9-2-1-5-21(9,18)19/h3-4,6,9H,1-2,5,7H2,(H,13,14). The van der Waals surface area contributed by atoms with Crippen LogP contribution in [0.15, 0.2) is 22.6 Å². The fourth-order valence-corrected chi connectivity index (χ4v) is 4.16. The summed E-state index contributed by atoms with van der Waals surface area (Å²) in [6, 6.07) is 4.29. The fraction of sp³-hybridized carbons (Fsp3) is 0.417. The minimum atomic E-state index is -3.03. The summed E-state index contributed by atoms with van der Waals surface area (Å²) in [6.07, 6.45) is 1.30. The SMILES string of the molecule is O=[N+]([O-])c1ccc2oc(NCC3CCCS3(=O)=O)nc2c1. The summed E-state index contributed by atoms with van der Waals surface area (Å²) in [6.45, 7) is 0.233. The zero-order chi connectivity index (χ0) is 15.0. The Morgan fingerprint density at radius 3 is 2.95 bits per heavy atom. The lowest BCUT2D eigenvalue weighted by Crippen LogP contribution is -2.25. The number of nitrogens with zero attached hydrogens (tertiary/aromatic N) is 2. The normalized spacial score (nSPS) is 20.7. The van der Waals surface area contributed by atoms with E-state index in [1.54, 1.807) is 0 Å². The van der Waals surface area contributed by atoms with Gasteiger partial charge in [-0.1, -0.05) is 0 Å². The molecule has 0 amide bonds. The molecule has 1 aliphatic heterocycles. The maximum atomic E-state index is 11.7. The van der Waals surface area contributed by atoms with Gasteiger partial charge in [0.15, 0.2) is 15.4 Å². The number of nitro groups is 1. The highest BCUT2D eigenvalue weighted by molar-refractivity contribution is 7.92. The lowest BCUT2D eigenvalue weighted by molar-refractivity contribution is -0.384. The first-order chi connectivity index (χ1) is 9.95. The van der Waals surface area contributed by atoms with Crippen LogP contribution in [0.2, 0.25) is 0 Å². The minimum absolute atomic E-state index is 0.0688. The Hall–Kier alpha value is -2.16. The topological polar surface area (TPSA) is 115 Å². The molecule has 9 heteroatoms. The van der Waals surface area contributed by atoms with Gasteiger partial charge in [-0.05, 0) is 18.9 Å². The quantitative estimate of drug-likeness (QED) is 0.675. The third-order valence-electron chi connectivity index (χ3n) is 3.53. The van der Waals surface area contributed by atoms with E-state index in [4.69, 9.17) is 4.42 Å². The van der Waals surface area contributed by atoms with Gasteiger partial charge >= 0.3 is 0 Å². The molecule has 1 aromatic heterocycles. The van der Waals surface area contributed by atoms with Crippen LogP contribution >= 0.6 is 0 Å². The van der Waals surface area contributed by atoms with Crippen molar-refractivity contribution in [3.8, 4) is 0 Å². The molecule has 8 nitrogen and oxygen atoms in total. The van der Waals surface area contributed by atoms with Crippen LogP contribution in [0.1, 0.15) is 12.8 Å². The van der Waals surface area contributed by atoms with Gasteiger partial charge in [0.05, 0.1) is 15.9 Å². The van der Waals surface area contributed by atoms with Crippen molar-refractivity contribution in [1.82, 2.24) is 4.98 Å². The number of aromatic nitrogens is 1. The molecule has 2 heterocycles. The number of hydrogen-bond donors (Lipinski definition) is 1. The van der Waals surface area contributed by atoms with Gasteiger partial charge < -0.3 is 9.73 Å². The number of non-ortho nitro benzene ring substituents is 1. The molecule has 0 aliphatic carbocycles. The molecule has 1 N–H and O–H groups in total. The van der Waals surface area contributed by atoms with Crippen molar-refractivity contribution < 1.29 is 17.8 Å². The van der Waals surface area contributed by atoms with Gasteiger partial charge in [-0.25, -0.2) is 8.42 Å². The van der Waals surface area contributed by atoms with E-state index >= 15 is 0 Å². The average Bonchev–Trinajstić information content (AvgIpc) is 2.97. The molecule has 1 atom stereocenters. The van der Waals surface area contributed by atoms with Crippen molar-refractivity contribution in [2.45, 2.75) is 18.1 Å². The largest absolute Gasteiger partial charge is 0.424 e. The zero-order valence-electron chi connectivity index (χ0n) is 11.0. The van der Waals surface area contributed by atoms with E-state index in [1.807, 2.05) is 0 Å². The average molecular weight is 311 g/mol. The molecule has 1 aliphatic rings. The van der Waals surface area contributed by atoms with E-state index in [0.717, 1.165) is 0 Å². The Labute approximate surface area is 120 Å². The van der Waals surface area contributed by atoms with Crippen molar-refractivity contribution in [3.05, 3.63) is 28.3 Å². The number of hydrogen-bond acceptors (Lipinski definition) is 7. The molecular weight excluding hydrogens is 298 g/mol. The molecule has 0 radical (unpaired) electrons. The third kappa shape index (κ3) is 2.68. The lowest BCUT2D eigenvalue weighted by Gasteiger charge is -2.08. The third-order valence-corrected chi connectivity index (χ3v) is 5.80. The summed E-state index contributed by atoms with van der Waals surface area (Å²) in [5, 5.41) is 13.1. The fourth-order valence-electron chi connectivity index (χ4n) is 2.39. The zero-order valence-corrected chi connectivity index (χ0v) is 11.8. The molecule has 1 aromatic carbocycles. The molecular formula is C12H13N3O5S. The maximum absolute atomic E-state index is 11.7. The second kappa shape index (κ2) is 4.99. The molecule has 0 spiro atoms. The lowest BCUT2D eigenvalue weighted by atomic mass is 10.2. The van der Waals surface area contributed by atoms with Gasteiger partial charge in [0.1, 0.15) is 5.52 Å². The predicted molar refractivity (Wildman–Crippen MR) is 76.0 cm³/mol. The van der Waals surface area contributed by atoms with E-state index in [1.165, 1.54) is 18.2 Å².